The first kappa shape index (κ1) is 16.9. The molecule has 0 saturated heterocycles. The molecule has 0 radical (unpaired) electrons. The molecule has 0 spiro atoms. The van der Waals surface area contributed by atoms with E-state index >= 15 is 0 Å². The Morgan fingerprint density at radius 3 is 2.62 bits per heavy atom. The van der Waals surface area contributed by atoms with Crippen molar-refractivity contribution in [3.8, 4) is 11.3 Å². The summed E-state index contributed by atoms with van der Waals surface area (Å²) in [6, 6.07) is 7.41. The smallest absolute Gasteiger partial charge is 0.135 e. The minimum atomic E-state index is -0.587. The van der Waals surface area contributed by atoms with Crippen molar-refractivity contribution in [1.82, 2.24) is 4.98 Å². The summed E-state index contributed by atoms with van der Waals surface area (Å²) >= 11 is 6.21. The topological polar surface area (TPSA) is 41.8 Å². The first-order valence-corrected chi connectivity index (χ1v) is 8.35. The Hall–Kier alpha value is -1.91. The fourth-order valence-electron chi connectivity index (χ4n) is 3.11. The summed E-state index contributed by atoms with van der Waals surface area (Å²) in [4.78, 5) is 3.31. The summed E-state index contributed by atoms with van der Waals surface area (Å²) in [6.07, 6.45) is 2.53. The molecule has 0 atom stereocenters. The van der Waals surface area contributed by atoms with Crippen LogP contribution in [0.2, 0.25) is 5.02 Å². The number of hydrogen-bond donors (Lipinski definition) is 2. The van der Waals surface area contributed by atoms with Crippen molar-refractivity contribution in [2.45, 2.75) is 26.2 Å². The summed E-state index contributed by atoms with van der Waals surface area (Å²) < 4.78 is 27.6. The lowest BCUT2D eigenvalue weighted by Crippen LogP contribution is -1.99. The number of fused-ring (bicyclic) bond motifs is 1. The van der Waals surface area contributed by atoms with Crippen LogP contribution in [0.25, 0.3) is 22.2 Å². The number of aromatic nitrogens is 1. The maximum atomic E-state index is 14.3. The van der Waals surface area contributed by atoms with Crippen LogP contribution in [0.4, 0.5) is 8.78 Å². The third-order valence-electron chi connectivity index (χ3n) is 4.26. The molecular formula is C19H19ClF2N2. The Morgan fingerprint density at radius 1 is 1.12 bits per heavy atom. The number of aryl methyl sites for hydroxylation is 2. The summed E-state index contributed by atoms with van der Waals surface area (Å²) in [5.74, 6) is -1.17. The van der Waals surface area contributed by atoms with Crippen LogP contribution >= 0.6 is 11.6 Å². The van der Waals surface area contributed by atoms with Gasteiger partial charge in [-0.25, -0.2) is 8.78 Å². The van der Waals surface area contributed by atoms with E-state index in [0.29, 0.717) is 22.8 Å². The lowest BCUT2D eigenvalue weighted by molar-refractivity contribution is 0.585. The van der Waals surface area contributed by atoms with Crippen LogP contribution in [0.1, 0.15) is 24.0 Å². The first-order valence-electron chi connectivity index (χ1n) is 7.97. The minimum Gasteiger partial charge on any atom is -0.354 e. The highest BCUT2D eigenvalue weighted by atomic mass is 35.5. The number of rotatable bonds is 5. The van der Waals surface area contributed by atoms with Crippen molar-refractivity contribution >= 4 is 22.5 Å². The van der Waals surface area contributed by atoms with Crippen LogP contribution in [0, 0.1) is 18.6 Å². The van der Waals surface area contributed by atoms with Gasteiger partial charge in [0.05, 0.1) is 5.69 Å². The number of nitrogens with one attached hydrogen (secondary N) is 1. The Bertz CT molecular complexity index is 887. The van der Waals surface area contributed by atoms with Gasteiger partial charge in [0.1, 0.15) is 11.6 Å². The fourth-order valence-corrected chi connectivity index (χ4v) is 3.38. The second-order valence-electron chi connectivity index (χ2n) is 5.99. The Balaban J connectivity index is 2.21. The SMILES string of the molecule is Cc1cc(Cl)cc2c(CCCCN)c(-c3ccc(F)cc3F)[nH]c12. The molecule has 0 amide bonds. The van der Waals surface area contributed by atoms with Gasteiger partial charge in [0, 0.05) is 27.6 Å². The van der Waals surface area contributed by atoms with Gasteiger partial charge < -0.3 is 10.7 Å². The zero-order valence-electron chi connectivity index (χ0n) is 13.4. The molecular weight excluding hydrogens is 330 g/mol. The molecule has 1 heterocycles. The fraction of sp³-hybridized carbons (Fsp3) is 0.263. The molecule has 3 N–H and O–H groups in total. The van der Waals surface area contributed by atoms with Gasteiger partial charge in [0.15, 0.2) is 0 Å². The summed E-state index contributed by atoms with van der Waals surface area (Å²) in [7, 11) is 0. The maximum Gasteiger partial charge on any atom is 0.135 e. The number of hydrogen-bond acceptors (Lipinski definition) is 1. The van der Waals surface area contributed by atoms with Crippen LogP contribution < -0.4 is 5.73 Å². The highest BCUT2D eigenvalue weighted by Gasteiger charge is 2.18. The highest BCUT2D eigenvalue weighted by molar-refractivity contribution is 6.31. The monoisotopic (exact) mass is 348 g/mol. The number of H-pyrrole nitrogens is 1. The number of nitrogens with two attached hydrogens (primary N) is 1. The van der Waals surface area contributed by atoms with Crippen LogP contribution in [-0.2, 0) is 6.42 Å². The minimum absolute atomic E-state index is 0.367. The van der Waals surface area contributed by atoms with E-state index in [0.717, 1.165) is 47.4 Å². The molecule has 0 aliphatic rings. The van der Waals surface area contributed by atoms with Crippen LogP contribution in [0.5, 0.6) is 0 Å². The lowest BCUT2D eigenvalue weighted by atomic mass is 9.99. The van der Waals surface area contributed by atoms with Gasteiger partial charge >= 0.3 is 0 Å². The summed E-state index contributed by atoms with van der Waals surface area (Å²) in [5, 5.41) is 1.63. The second kappa shape index (κ2) is 6.91. The number of aromatic amines is 1. The largest absolute Gasteiger partial charge is 0.354 e. The van der Waals surface area contributed by atoms with Crippen LogP contribution in [0.15, 0.2) is 30.3 Å². The predicted octanol–water partition coefficient (Wildman–Crippen LogP) is 5.36. The average Bonchev–Trinajstić information content (AvgIpc) is 2.86. The van der Waals surface area contributed by atoms with Gasteiger partial charge in [-0.3, -0.25) is 0 Å². The van der Waals surface area contributed by atoms with Crippen molar-refractivity contribution in [2.24, 2.45) is 5.73 Å². The second-order valence-corrected chi connectivity index (χ2v) is 6.43. The lowest BCUT2D eigenvalue weighted by Gasteiger charge is -2.07. The maximum absolute atomic E-state index is 14.3. The molecule has 2 nitrogen and oxygen atoms in total. The summed E-state index contributed by atoms with van der Waals surface area (Å²) in [6.45, 7) is 2.57. The van der Waals surface area contributed by atoms with E-state index in [-0.39, 0.29) is 0 Å². The first-order chi connectivity index (χ1) is 11.5. The molecule has 0 aliphatic carbocycles. The third-order valence-corrected chi connectivity index (χ3v) is 4.48. The van der Waals surface area contributed by atoms with Crippen LogP contribution in [-0.4, -0.2) is 11.5 Å². The Labute approximate surface area is 144 Å². The van der Waals surface area contributed by atoms with E-state index in [9.17, 15) is 8.78 Å². The summed E-state index contributed by atoms with van der Waals surface area (Å²) in [5.41, 5.74) is 9.56. The van der Waals surface area contributed by atoms with E-state index in [1.165, 1.54) is 12.1 Å². The molecule has 0 unspecified atom stereocenters. The predicted molar refractivity (Wildman–Crippen MR) is 95.4 cm³/mol. The van der Waals surface area contributed by atoms with Gasteiger partial charge in [-0.05, 0) is 68.1 Å². The van der Waals surface area contributed by atoms with Gasteiger partial charge in [-0.15, -0.1) is 0 Å². The van der Waals surface area contributed by atoms with Gasteiger partial charge in [0.25, 0.3) is 0 Å². The molecule has 3 aromatic rings. The standard InChI is InChI=1S/C19H19ClF2N2/c1-11-8-12(20)9-16-14(4-2-3-7-23)19(24-18(11)16)15-6-5-13(21)10-17(15)22/h5-6,8-10,24H,2-4,7,23H2,1H3. The van der Waals surface area contributed by atoms with Crippen molar-refractivity contribution in [2.75, 3.05) is 6.54 Å². The number of unbranched alkanes of at least 4 members (excludes halogenated alkanes) is 1. The Morgan fingerprint density at radius 2 is 1.92 bits per heavy atom. The zero-order valence-corrected chi connectivity index (χ0v) is 14.2. The van der Waals surface area contributed by atoms with Crippen LogP contribution in [0.3, 0.4) is 0 Å². The van der Waals surface area contributed by atoms with Crippen molar-refractivity contribution in [1.29, 1.82) is 0 Å². The van der Waals surface area contributed by atoms with Crippen molar-refractivity contribution in [3.63, 3.8) is 0 Å². The van der Waals surface area contributed by atoms with E-state index in [1.807, 2.05) is 19.1 Å². The molecule has 0 fully saturated rings. The molecule has 1 aromatic heterocycles. The highest BCUT2D eigenvalue weighted by Crippen LogP contribution is 2.36. The molecule has 24 heavy (non-hydrogen) atoms. The zero-order chi connectivity index (χ0) is 17.3. The molecule has 2 aromatic carbocycles. The molecule has 3 rings (SSSR count). The van der Waals surface area contributed by atoms with E-state index in [4.69, 9.17) is 17.3 Å². The number of halogens is 3. The average molecular weight is 349 g/mol. The third kappa shape index (κ3) is 3.17. The van der Waals surface area contributed by atoms with E-state index < -0.39 is 11.6 Å². The molecule has 126 valence electrons. The molecule has 0 saturated carbocycles. The van der Waals surface area contributed by atoms with E-state index in [1.54, 1.807) is 0 Å². The van der Waals surface area contributed by atoms with Gasteiger partial charge in [-0.1, -0.05) is 11.6 Å². The van der Waals surface area contributed by atoms with Gasteiger partial charge in [0.2, 0.25) is 0 Å². The van der Waals surface area contributed by atoms with E-state index in [2.05, 4.69) is 4.98 Å². The quantitative estimate of drug-likeness (QED) is 0.599. The number of benzene rings is 2. The molecule has 0 bridgehead atoms. The van der Waals surface area contributed by atoms with Crippen molar-refractivity contribution in [3.05, 3.63) is 58.1 Å². The van der Waals surface area contributed by atoms with Gasteiger partial charge in [-0.2, -0.15) is 0 Å². The van der Waals surface area contributed by atoms with Crippen molar-refractivity contribution < 1.29 is 8.78 Å². The Kier molecular flexibility index (Phi) is 4.88. The normalized spacial score (nSPS) is 11.4. The molecule has 0 aliphatic heterocycles. The molecule has 5 heteroatoms.